The summed E-state index contributed by atoms with van der Waals surface area (Å²) in [5, 5.41) is 1.30. The fourth-order valence-electron chi connectivity index (χ4n) is 2.85. The number of para-hydroxylation sites is 1. The van der Waals surface area contributed by atoms with E-state index in [4.69, 9.17) is 23.2 Å². The number of hydrogen-bond acceptors (Lipinski definition) is 3. The van der Waals surface area contributed by atoms with Crippen molar-refractivity contribution in [2.75, 3.05) is 5.43 Å². The summed E-state index contributed by atoms with van der Waals surface area (Å²) in [6.45, 7) is 0. The van der Waals surface area contributed by atoms with Gasteiger partial charge in [0.05, 0.1) is 10.9 Å². The first kappa shape index (κ1) is 18.2. The van der Waals surface area contributed by atoms with E-state index in [9.17, 15) is 9.59 Å². The average molecular weight is 410 g/mol. The summed E-state index contributed by atoms with van der Waals surface area (Å²) in [7, 11) is 0. The van der Waals surface area contributed by atoms with Crippen LogP contribution in [-0.4, -0.2) is 15.6 Å². The Morgan fingerprint density at radius 1 is 0.893 bits per heavy atom. The largest absolute Gasteiger partial charge is 0.280 e. The molecule has 1 heterocycles. The Kier molecular flexibility index (Phi) is 4.86. The fraction of sp³-hybridized carbons (Fsp3) is 0. The van der Waals surface area contributed by atoms with Crippen molar-refractivity contribution in [3.8, 4) is 11.4 Å². The maximum atomic E-state index is 13.1. The molecule has 0 aliphatic rings. The zero-order valence-corrected chi connectivity index (χ0v) is 15.9. The Labute approximate surface area is 170 Å². The van der Waals surface area contributed by atoms with Gasteiger partial charge < -0.3 is 0 Å². The smallest absolute Gasteiger partial charge is 0.267 e. The van der Waals surface area contributed by atoms with Gasteiger partial charge in [-0.15, -0.1) is 0 Å². The summed E-state index contributed by atoms with van der Waals surface area (Å²) >= 11 is 12.1. The lowest BCUT2D eigenvalue weighted by atomic mass is 10.2. The highest BCUT2D eigenvalue weighted by Gasteiger charge is 2.16. The number of aromatic nitrogens is 2. The van der Waals surface area contributed by atoms with Crippen molar-refractivity contribution in [1.29, 1.82) is 0 Å². The molecule has 0 aliphatic heterocycles. The lowest BCUT2D eigenvalue weighted by molar-refractivity contribution is 0.101. The van der Waals surface area contributed by atoms with Gasteiger partial charge in [0, 0.05) is 21.2 Å². The molecule has 0 aliphatic carbocycles. The highest BCUT2D eigenvalue weighted by molar-refractivity contribution is 6.31. The van der Waals surface area contributed by atoms with Crippen molar-refractivity contribution in [2.24, 2.45) is 0 Å². The molecular formula is C21H13Cl2N3O2. The topological polar surface area (TPSA) is 64.0 Å². The summed E-state index contributed by atoms with van der Waals surface area (Å²) in [5.74, 6) is -0.202. The van der Waals surface area contributed by atoms with E-state index in [1.165, 1.54) is 6.07 Å². The zero-order valence-electron chi connectivity index (χ0n) is 14.4. The molecule has 0 spiro atoms. The molecule has 1 amide bonds. The number of fused-ring (bicyclic) bond motifs is 1. The Balaban J connectivity index is 1.90. The van der Waals surface area contributed by atoms with Gasteiger partial charge in [-0.1, -0.05) is 53.5 Å². The second-order valence-corrected chi connectivity index (χ2v) is 6.93. The molecule has 3 aromatic carbocycles. The molecule has 1 aromatic heterocycles. The third-order valence-electron chi connectivity index (χ3n) is 4.16. The van der Waals surface area contributed by atoms with Crippen LogP contribution in [0.2, 0.25) is 10.0 Å². The molecule has 0 radical (unpaired) electrons. The first-order valence-electron chi connectivity index (χ1n) is 8.37. The van der Waals surface area contributed by atoms with Crippen molar-refractivity contribution < 1.29 is 4.79 Å². The standard InChI is InChI=1S/C21H13Cl2N3O2/c22-15-7-3-5-13(11-15)19-24-18-10-2-1-9-17(18)21(28)26(19)25-20(27)14-6-4-8-16(23)12-14/h1-12H,(H,25,27). The van der Waals surface area contributed by atoms with Crippen molar-refractivity contribution >= 4 is 40.0 Å². The number of nitrogens with zero attached hydrogens (tertiary/aromatic N) is 2. The molecule has 4 rings (SSSR count). The lowest BCUT2D eigenvalue weighted by Gasteiger charge is -2.15. The van der Waals surface area contributed by atoms with Crippen molar-refractivity contribution in [1.82, 2.24) is 9.66 Å². The van der Waals surface area contributed by atoms with Crippen molar-refractivity contribution in [2.45, 2.75) is 0 Å². The third kappa shape index (κ3) is 3.50. The van der Waals surface area contributed by atoms with Crippen LogP contribution in [0, 0.1) is 0 Å². The van der Waals surface area contributed by atoms with E-state index in [0.717, 1.165) is 4.68 Å². The van der Waals surface area contributed by atoms with Gasteiger partial charge in [0.1, 0.15) is 0 Å². The number of nitrogens with one attached hydrogen (secondary N) is 1. The van der Waals surface area contributed by atoms with Crippen molar-refractivity contribution in [3.63, 3.8) is 0 Å². The molecule has 7 heteroatoms. The summed E-state index contributed by atoms with van der Waals surface area (Å²) in [4.78, 5) is 30.4. The van der Waals surface area contributed by atoms with Gasteiger partial charge in [-0.05, 0) is 42.5 Å². The minimum atomic E-state index is -0.482. The summed E-state index contributed by atoms with van der Waals surface area (Å²) < 4.78 is 1.14. The number of rotatable bonds is 3. The molecule has 0 fully saturated rings. The number of carbonyl (C=O) groups is 1. The summed E-state index contributed by atoms with van der Waals surface area (Å²) in [6.07, 6.45) is 0. The highest BCUT2D eigenvalue weighted by atomic mass is 35.5. The van der Waals surface area contributed by atoms with Crippen LogP contribution in [0.1, 0.15) is 10.4 Å². The molecule has 0 bridgehead atoms. The van der Waals surface area contributed by atoms with E-state index in [-0.39, 0.29) is 5.82 Å². The van der Waals surface area contributed by atoms with Crippen LogP contribution in [0.3, 0.4) is 0 Å². The minimum Gasteiger partial charge on any atom is -0.267 e. The number of hydrogen-bond donors (Lipinski definition) is 1. The zero-order chi connectivity index (χ0) is 19.7. The SMILES string of the molecule is O=C(Nn1c(-c2cccc(Cl)c2)nc2ccccc2c1=O)c1cccc(Cl)c1. The van der Waals surface area contributed by atoms with Gasteiger partial charge in [-0.25, -0.2) is 4.98 Å². The fourth-order valence-corrected chi connectivity index (χ4v) is 3.23. The highest BCUT2D eigenvalue weighted by Crippen LogP contribution is 2.22. The molecule has 0 saturated carbocycles. The normalized spacial score (nSPS) is 10.8. The Bertz CT molecular complexity index is 1270. The Morgan fingerprint density at radius 2 is 1.61 bits per heavy atom. The third-order valence-corrected chi connectivity index (χ3v) is 4.63. The molecule has 28 heavy (non-hydrogen) atoms. The second-order valence-electron chi connectivity index (χ2n) is 6.05. The lowest BCUT2D eigenvalue weighted by Crippen LogP contribution is -2.35. The molecule has 0 unspecified atom stereocenters. The maximum Gasteiger partial charge on any atom is 0.280 e. The predicted octanol–water partition coefficient (Wildman–Crippen LogP) is 4.75. The second kappa shape index (κ2) is 7.46. The number of amides is 1. The Morgan fingerprint density at radius 3 is 2.36 bits per heavy atom. The molecule has 0 atom stereocenters. The van der Waals surface area contributed by atoms with Gasteiger partial charge in [0.15, 0.2) is 5.82 Å². The van der Waals surface area contributed by atoms with Crippen LogP contribution in [-0.2, 0) is 0 Å². The van der Waals surface area contributed by atoms with Crippen LogP contribution in [0.4, 0.5) is 0 Å². The van der Waals surface area contributed by atoms with E-state index in [0.29, 0.717) is 32.1 Å². The number of carbonyl (C=O) groups excluding carboxylic acids is 1. The summed E-state index contributed by atoms with van der Waals surface area (Å²) in [6, 6.07) is 20.3. The van der Waals surface area contributed by atoms with Crippen LogP contribution in [0.5, 0.6) is 0 Å². The minimum absolute atomic E-state index is 0.279. The number of halogens is 2. The van der Waals surface area contributed by atoms with Gasteiger partial charge in [0.25, 0.3) is 11.5 Å². The maximum absolute atomic E-state index is 13.1. The first-order chi connectivity index (χ1) is 13.5. The molecule has 0 saturated heterocycles. The van der Waals surface area contributed by atoms with Crippen LogP contribution >= 0.6 is 23.2 Å². The van der Waals surface area contributed by atoms with E-state index >= 15 is 0 Å². The monoisotopic (exact) mass is 409 g/mol. The molecule has 138 valence electrons. The van der Waals surface area contributed by atoms with E-state index in [1.807, 2.05) is 0 Å². The van der Waals surface area contributed by atoms with Gasteiger partial charge in [-0.2, -0.15) is 4.68 Å². The van der Waals surface area contributed by atoms with E-state index in [2.05, 4.69) is 10.4 Å². The molecular weight excluding hydrogens is 397 g/mol. The van der Waals surface area contributed by atoms with E-state index in [1.54, 1.807) is 66.7 Å². The first-order valence-corrected chi connectivity index (χ1v) is 9.13. The van der Waals surface area contributed by atoms with Gasteiger partial charge in [-0.3, -0.25) is 15.0 Å². The molecule has 1 N–H and O–H groups in total. The van der Waals surface area contributed by atoms with Gasteiger partial charge in [0.2, 0.25) is 0 Å². The van der Waals surface area contributed by atoms with Gasteiger partial charge >= 0.3 is 0 Å². The van der Waals surface area contributed by atoms with Crippen LogP contribution in [0.25, 0.3) is 22.3 Å². The predicted molar refractivity (Wildman–Crippen MR) is 112 cm³/mol. The quantitative estimate of drug-likeness (QED) is 0.530. The molecule has 5 nitrogen and oxygen atoms in total. The Hall–Kier alpha value is -3.15. The van der Waals surface area contributed by atoms with E-state index < -0.39 is 11.5 Å². The van der Waals surface area contributed by atoms with Crippen molar-refractivity contribution in [3.05, 3.63) is 98.8 Å². The molecule has 4 aromatic rings. The number of benzene rings is 3. The van der Waals surface area contributed by atoms with Crippen LogP contribution < -0.4 is 11.0 Å². The average Bonchev–Trinajstić information content (AvgIpc) is 2.70. The van der Waals surface area contributed by atoms with Crippen LogP contribution in [0.15, 0.2) is 77.6 Å². The summed E-state index contributed by atoms with van der Waals surface area (Å²) in [5.41, 5.74) is 3.69.